The Labute approximate surface area is 396 Å². The number of thiophene rings is 1. The van der Waals surface area contributed by atoms with Crippen LogP contribution in [0.25, 0.3) is 31.9 Å². The van der Waals surface area contributed by atoms with Crippen molar-refractivity contribution >= 4 is 38.0 Å². The summed E-state index contributed by atoms with van der Waals surface area (Å²) in [6.45, 7) is 43.7. The van der Waals surface area contributed by atoms with Crippen molar-refractivity contribution in [1.82, 2.24) is 25.0 Å². The van der Waals surface area contributed by atoms with Gasteiger partial charge in [0.1, 0.15) is 12.4 Å². The quantitative estimate of drug-likeness (QED) is 0.129. The third-order valence-electron chi connectivity index (χ3n) is 10.3. The van der Waals surface area contributed by atoms with E-state index >= 15 is 0 Å². The van der Waals surface area contributed by atoms with Gasteiger partial charge in [-0.15, -0.1) is 16.4 Å². The first-order valence-electron chi connectivity index (χ1n) is 22.0. The minimum atomic E-state index is -0.0896. The van der Waals surface area contributed by atoms with E-state index in [1.54, 1.807) is 18.7 Å². The zero-order valence-corrected chi connectivity index (χ0v) is 45.3. The van der Waals surface area contributed by atoms with E-state index in [2.05, 4.69) is 176 Å². The second-order valence-electron chi connectivity index (χ2n) is 22.3. The van der Waals surface area contributed by atoms with Gasteiger partial charge in [-0.2, -0.15) is 15.5 Å². The molecule has 1 aliphatic heterocycles. The van der Waals surface area contributed by atoms with Gasteiger partial charge in [-0.05, 0) is 78.2 Å². The van der Waals surface area contributed by atoms with Crippen molar-refractivity contribution in [3.05, 3.63) is 83.9 Å². The maximum Gasteiger partial charge on any atom is 0.191 e. The van der Waals surface area contributed by atoms with Crippen molar-refractivity contribution < 1.29 is 25.2 Å². The van der Waals surface area contributed by atoms with Crippen LogP contribution >= 0.6 is 27.2 Å². The molecule has 1 fully saturated rings. The average molecular weight is 990 g/mol. The van der Waals surface area contributed by atoms with Crippen molar-refractivity contribution in [2.75, 3.05) is 6.61 Å². The molecule has 3 aromatic heterocycles. The summed E-state index contributed by atoms with van der Waals surface area (Å²) in [5.41, 5.74) is 3.56. The maximum atomic E-state index is 10.2. The third kappa shape index (κ3) is 14.5. The van der Waals surface area contributed by atoms with Crippen LogP contribution in [-0.2, 0) is 31.6 Å². The molecule has 1 unspecified atom stereocenters. The van der Waals surface area contributed by atoms with Gasteiger partial charge in [-0.1, -0.05) is 183 Å². The number of nitriles is 1. The fraction of sp³-hybridized carbons (Fsp3) is 0.588. The normalized spacial score (nSPS) is 15.3. The van der Waals surface area contributed by atoms with Crippen LogP contribution in [0.15, 0.2) is 67.3 Å². The van der Waals surface area contributed by atoms with Gasteiger partial charge in [-0.25, -0.2) is 9.67 Å². The Balaban J connectivity index is 0.000000315. The first kappa shape index (κ1) is 53.9. The molecule has 11 heteroatoms. The van der Waals surface area contributed by atoms with Crippen LogP contribution < -0.4 is 0 Å². The largest absolute Gasteiger partial charge is 0.356 e. The van der Waals surface area contributed by atoms with E-state index in [0.29, 0.717) is 48.7 Å². The standard InChI is InChI=1S/C27H22N6OS.2C12H27P.Pd/c28-15-23-22(14-18-8-9-19-5-1-2-6-20(19)13-18)26(35-25(23)21-10-11-30-31-16-21)27-29-17-33(32-27)24-7-3-4-12-34-24;2*1-10(2,3)13(11(4,5)6)12(7,8)9;/h1-2,5-6,8-11,13,16-17,24H,3-4,7,12,14H2;2*1-9H3;. The third-order valence-corrected chi connectivity index (χ3v) is 19.7. The van der Waals surface area contributed by atoms with E-state index < -0.39 is 0 Å². The molecule has 0 aliphatic carbocycles. The smallest absolute Gasteiger partial charge is 0.191 e. The molecule has 0 saturated carbocycles. The molecule has 0 radical (unpaired) electrons. The van der Waals surface area contributed by atoms with Crippen molar-refractivity contribution in [3.8, 4) is 27.2 Å². The van der Waals surface area contributed by atoms with Gasteiger partial charge in [-0.3, -0.25) is 0 Å². The second kappa shape index (κ2) is 21.3. The summed E-state index contributed by atoms with van der Waals surface area (Å²) in [4.78, 5) is 6.40. The van der Waals surface area contributed by atoms with Crippen LogP contribution in [0.2, 0.25) is 0 Å². The summed E-state index contributed by atoms with van der Waals surface area (Å²) in [5.74, 6) is 0.615. The molecular weight excluding hydrogens is 913 g/mol. The van der Waals surface area contributed by atoms with Crippen molar-refractivity contribution in [2.24, 2.45) is 0 Å². The van der Waals surface area contributed by atoms with Crippen LogP contribution in [0, 0.1) is 11.3 Å². The van der Waals surface area contributed by atoms with E-state index in [0.717, 1.165) is 52.3 Å². The molecular formula is C51H76N6OP2PdS. The number of ether oxygens (including phenoxy) is 1. The number of fused-ring (bicyclic) bond motifs is 1. The van der Waals surface area contributed by atoms with Gasteiger partial charge in [0.2, 0.25) is 0 Å². The summed E-state index contributed by atoms with van der Waals surface area (Å²) in [5, 5.41) is 28.0. The Morgan fingerprint density at radius 2 is 1.26 bits per heavy atom. The maximum absolute atomic E-state index is 10.2. The van der Waals surface area contributed by atoms with Gasteiger partial charge in [0.15, 0.2) is 12.1 Å². The number of rotatable bonds is 5. The molecule has 342 valence electrons. The van der Waals surface area contributed by atoms with Crippen LogP contribution in [0.4, 0.5) is 0 Å². The Bertz CT molecular complexity index is 2110. The van der Waals surface area contributed by atoms with E-state index in [1.807, 2.05) is 22.9 Å². The fourth-order valence-corrected chi connectivity index (χ4v) is 23.9. The van der Waals surface area contributed by atoms with E-state index in [9.17, 15) is 5.26 Å². The summed E-state index contributed by atoms with van der Waals surface area (Å²) in [6, 6.07) is 19.1. The van der Waals surface area contributed by atoms with E-state index in [4.69, 9.17) is 9.84 Å². The predicted octanol–water partition coefficient (Wildman–Crippen LogP) is 15.5. The molecule has 7 nitrogen and oxygen atoms in total. The van der Waals surface area contributed by atoms with Gasteiger partial charge in [0, 0.05) is 39.0 Å². The molecule has 2 aromatic carbocycles. The Kier molecular flexibility index (Phi) is 18.5. The molecule has 6 rings (SSSR count). The Hall–Kier alpha value is -2.41. The SMILES string of the molecule is CC(C)(C)P(C(C)(C)C)C(C)(C)C.CC(C)(C)P(C(C)(C)C)C(C)(C)C.N#Cc1c(-c2ccnnc2)sc(-c2ncn(C3CCCCO3)n2)c1Cc1ccc2ccccc2c1.[Pd]. The van der Waals surface area contributed by atoms with Crippen molar-refractivity contribution in [2.45, 2.75) is 187 Å². The molecule has 1 atom stereocenters. The van der Waals surface area contributed by atoms with Gasteiger partial charge in [0.05, 0.1) is 27.7 Å². The number of nitrogens with zero attached hydrogens (tertiary/aromatic N) is 6. The average Bonchev–Trinajstić information content (AvgIpc) is 3.74. The van der Waals surface area contributed by atoms with Crippen LogP contribution in [0.1, 0.15) is 167 Å². The molecule has 62 heavy (non-hydrogen) atoms. The monoisotopic (exact) mass is 988 g/mol. The van der Waals surface area contributed by atoms with Crippen molar-refractivity contribution in [1.29, 1.82) is 5.26 Å². The van der Waals surface area contributed by atoms with Crippen molar-refractivity contribution in [3.63, 3.8) is 0 Å². The Morgan fingerprint density at radius 1 is 0.710 bits per heavy atom. The fourth-order valence-electron chi connectivity index (χ4n) is 10.6. The molecule has 5 aromatic rings. The molecule has 4 heterocycles. The summed E-state index contributed by atoms with van der Waals surface area (Å²) in [6.07, 6.45) is 8.71. The van der Waals surface area contributed by atoms with Gasteiger partial charge in [0.25, 0.3) is 0 Å². The molecule has 1 saturated heterocycles. The van der Waals surface area contributed by atoms with Crippen LogP contribution in [0.3, 0.4) is 0 Å². The van der Waals surface area contributed by atoms with Gasteiger partial charge >= 0.3 is 0 Å². The second-order valence-corrected chi connectivity index (χ2v) is 32.7. The number of benzene rings is 2. The zero-order chi connectivity index (χ0) is 45.8. The van der Waals surface area contributed by atoms with Crippen LogP contribution in [-0.4, -0.2) is 62.5 Å². The number of hydrogen-bond acceptors (Lipinski definition) is 7. The molecule has 0 amide bonds. The zero-order valence-electron chi connectivity index (χ0n) is 41.2. The molecule has 1 aliphatic rings. The van der Waals surface area contributed by atoms with E-state index in [-0.39, 0.29) is 42.5 Å². The van der Waals surface area contributed by atoms with Crippen LogP contribution in [0.5, 0.6) is 0 Å². The summed E-state index contributed by atoms with van der Waals surface area (Å²) in [7, 11) is 0.0324. The minimum absolute atomic E-state index is 0. The number of aromatic nitrogens is 5. The predicted molar refractivity (Wildman–Crippen MR) is 267 cm³/mol. The minimum Gasteiger partial charge on any atom is -0.356 e. The number of hydrogen-bond donors (Lipinski definition) is 0. The van der Waals surface area contributed by atoms with E-state index in [1.165, 1.54) is 22.1 Å². The summed E-state index contributed by atoms with van der Waals surface area (Å²) >= 11 is 1.53. The molecule has 0 N–H and O–H groups in total. The molecule has 0 bridgehead atoms. The first-order chi connectivity index (χ1) is 28.0. The summed E-state index contributed by atoms with van der Waals surface area (Å²) < 4.78 is 7.71. The molecule has 0 spiro atoms. The van der Waals surface area contributed by atoms with Gasteiger partial charge < -0.3 is 4.74 Å². The first-order valence-corrected chi connectivity index (χ1v) is 25.5. The topological polar surface area (TPSA) is 89.5 Å². The Morgan fingerprint density at radius 3 is 1.71 bits per heavy atom.